The molecule has 0 saturated heterocycles. The Hall–Kier alpha value is -1.02. The van der Waals surface area contributed by atoms with E-state index in [1.54, 1.807) is 0 Å². The third kappa shape index (κ3) is 3.47. The second-order valence-electron chi connectivity index (χ2n) is 5.05. The van der Waals surface area contributed by atoms with Crippen molar-refractivity contribution in [2.45, 2.75) is 32.6 Å². The zero-order chi connectivity index (χ0) is 12.0. The summed E-state index contributed by atoms with van der Waals surface area (Å²) in [6.45, 7) is 5.24. The van der Waals surface area contributed by atoms with Gasteiger partial charge in [0, 0.05) is 6.54 Å². The van der Waals surface area contributed by atoms with E-state index in [2.05, 4.69) is 12.2 Å². The second-order valence-corrected chi connectivity index (χ2v) is 5.05. The van der Waals surface area contributed by atoms with Crippen LogP contribution in [-0.2, 0) is 0 Å². The molecule has 1 aliphatic carbocycles. The summed E-state index contributed by atoms with van der Waals surface area (Å²) in [4.78, 5) is 0. The summed E-state index contributed by atoms with van der Waals surface area (Å²) in [5.41, 5.74) is 0.519. The lowest BCUT2D eigenvalue weighted by atomic mass is 9.67. The maximum atomic E-state index is 5.79. The number of nitrogens with one attached hydrogen (secondary N) is 1. The maximum Gasteiger partial charge on any atom is 0.119 e. The molecule has 17 heavy (non-hydrogen) atoms. The molecule has 0 aliphatic heterocycles. The van der Waals surface area contributed by atoms with Crippen LogP contribution in [0.1, 0.15) is 32.6 Å². The predicted octanol–water partition coefficient (Wildman–Crippen LogP) is 3.24. The minimum atomic E-state index is 0.519. The molecular formula is C15H23NO. The molecule has 2 nitrogen and oxygen atoms in total. The molecule has 0 atom stereocenters. The minimum Gasteiger partial charge on any atom is -0.494 e. The van der Waals surface area contributed by atoms with Crippen molar-refractivity contribution >= 4 is 0 Å². The molecular weight excluding hydrogens is 210 g/mol. The SMILES string of the molecule is CCNCC1(CCOc2ccccc2)CCC1. The molecule has 0 spiro atoms. The summed E-state index contributed by atoms with van der Waals surface area (Å²) in [5.74, 6) is 0.991. The van der Waals surface area contributed by atoms with E-state index in [1.165, 1.54) is 25.7 Å². The first-order chi connectivity index (χ1) is 8.35. The van der Waals surface area contributed by atoms with Crippen molar-refractivity contribution in [1.29, 1.82) is 0 Å². The quantitative estimate of drug-likeness (QED) is 0.780. The smallest absolute Gasteiger partial charge is 0.119 e. The molecule has 0 radical (unpaired) electrons. The van der Waals surface area contributed by atoms with Crippen molar-refractivity contribution in [3.63, 3.8) is 0 Å². The number of hydrogen-bond acceptors (Lipinski definition) is 2. The van der Waals surface area contributed by atoms with Crippen molar-refractivity contribution in [2.24, 2.45) is 5.41 Å². The first-order valence-corrected chi connectivity index (χ1v) is 6.73. The van der Waals surface area contributed by atoms with Gasteiger partial charge in [0.2, 0.25) is 0 Å². The van der Waals surface area contributed by atoms with Crippen LogP contribution in [0.3, 0.4) is 0 Å². The van der Waals surface area contributed by atoms with Gasteiger partial charge in [0.1, 0.15) is 5.75 Å². The average molecular weight is 233 g/mol. The van der Waals surface area contributed by atoms with Gasteiger partial charge in [-0.25, -0.2) is 0 Å². The Bertz CT molecular complexity index is 319. The molecule has 1 fully saturated rings. The van der Waals surface area contributed by atoms with Gasteiger partial charge in [0.05, 0.1) is 6.61 Å². The Labute approximate surface area is 104 Å². The van der Waals surface area contributed by atoms with Gasteiger partial charge >= 0.3 is 0 Å². The highest BCUT2D eigenvalue weighted by molar-refractivity contribution is 5.20. The summed E-state index contributed by atoms with van der Waals surface area (Å²) in [5, 5.41) is 3.48. The fraction of sp³-hybridized carbons (Fsp3) is 0.600. The van der Waals surface area contributed by atoms with E-state index in [-0.39, 0.29) is 0 Å². The molecule has 2 heteroatoms. The van der Waals surface area contributed by atoms with Crippen LogP contribution in [0.15, 0.2) is 30.3 Å². The lowest BCUT2D eigenvalue weighted by molar-refractivity contribution is 0.0928. The molecule has 1 saturated carbocycles. The Morgan fingerprint density at radius 3 is 2.59 bits per heavy atom. The number of hydrogen-bond donors (Lipinski definition) is 1. The first-order valence-electron chi connectivity index (χ1n) is 6.73. The van der Waals surface area contributed by atoms with Crippen molar-refractivity contribution in [3.8, 4) is 5.75 Å². The summed E-state index contributed by atoms with van der Waals surface area (Å²) in [6.07, 6.45) is 5.28. The van der Waals surface area contributed by atoms with Crippen LogP contribution in [0.2, 0.25) is 0 Å². The van der Waals surface area contributed by atoms with E-state index in [4.69, 9.17) is 4.74 Å². The predicted molar refractivity (Wildman–Crippen MR) is 71.4 cm³/mol. The zero-order valence-corrected chi connectivity index (χ0v) is 10.7. The fourth-order valence-electron chi connectivity index (χ4n) is 2.48. The molecule has 0 amide bonds. The Morgan fingerprint density at radius 2 is 2.00 bits per heavy atom. The van der Waals surface area contributed by atoms with Crippen LogP contribution in [0, 0.1) is 5.41 Å². The lowest BCUT2D eigenvalue weighted by Crippen LogP contribution is -2.41. The van der Waals surface area contributed by atoms with E-state index in [1.807, 2.05) is 30.3 Å². The van der Waals surface area contributed by atoms with Crippen LogP contribution in [0.5, 0.6) is 5.75 Å². The summed E-state index contributed by atoms with van der Waals surface area (Å²) in [7, 11) is 0. The van der Waals surface area contributed by atoms with Crippen molar-refractivity contribution in [3.05, 3.63) is 30.3 Å². The topological polar surface area (TPSA) is 21.3 Å². The summed E-state index contributed by atoms with van der Waals surface area (Å²) >= 11 is 0. The van der Waals surface area contributed by atoms with Gasteiger partial charge in [-0.3, -0.25) is 0 Å². The Morgan fingerprint density at radius 1 is 1.24 bits per heavy atom. The van der Waals surface area contributed by atoms with Gasteiger partial charge in [-0.2, -0.15) is 0 Å². The standard InChI is InChI=1S/C15H23NO/c1-2-16-13-15(9-6-10-15)11-12-17-14-7-4-3-5-8-14/h3-5,7-8,16H,2,6,9-13H2,1H3. The molecule has 1 aromatic rings. The highest BCUT2D eigenvalue weighted by atomic mass is 16.5. The fourth-order valence-corrected chi connectivity index (χ4v) is 2.48. The lowest BCUT2D eigenvalue weighted by Gasteiger charge is -2.42. The molecule has 0 bridgehead atoms. The van der Waals surface area contributed by atoms with Gasteiger partial charge in [0.25, 0.3) is 0 Å². The summed E-state index contributed by atoms with van der Waals surface area (Å²) < 4.78 is 5.79. The van der Waals surface area contributed by atoms with E-state index in [0.717, 1.165) is 25.4 Å². The molecule has 1 aromatic carbocycles. The van der Waals surface area contributed by atoms with Crippen LogP contribution >= 0.6 is 0 Å². The Kier molecular flexibility index (Phi) is 4.43. The van der Waals surface area contributed by atoms with Gasteiger partial charge < -0.3 is 10.1 Å². The molecule has 2 rings (SSSR count). The Balaban J connectivity index is 1.73. The van der Waals surface area contributed by atoms with Gasteiger partial charge in [-0.05, 0) is 43.4 Å². The third-order valence-electron chi connectivity index (χ3n) is 3.81. The minimum absolute atomic E-state index is 0.519. The molecule has 1 N–H and O–H groups in total. The number of ether oxygens (including phenoxy) is 1. The van der Waals surface area contributed by atoms with Crippen LogP contribution in [-0.4, -0.2) is 19.7 Å². The number of benzene rings is 1. The molecule has 0 unspecified atom stereocenters. The van der Waals surface area contributed by atoms with Gasteiger partial charge in [-0.15, -0.1) is 0 Å². The van der Waals surface area contributed by atoms with E-state index < -0.39 is 0 Å². The first kappa shape index (κ1) is 12.4. The largest absolute Gasteiger partial charge is 0.494 e. The van der Waals surface area contributed by atoms with Crippen LogP contribution < -0.4 is 10.1 Å². The monoisotopic (exact) mass is 233 g/mol. The maximum absolute atomic E-state index is 5.79. The van der Waals surface area contributed by atoms with E-state index in [0.29, 0.717) is 5.41 Å². The van der Waals surface area contributed by atoms with Crippen molar-refractivity contribution in [2.75, 3.05) is 19.7 Å². The normalized spacial score (nSPS) is 17.5. The van der Waals surface area contributed by atoms with Crippen LogP contribution in [0.25, 0.3) is 0 Å². The van der Waals surface area contributed by atoms with Gasteiger partial charge in [0.15, 0.2) is 0 Å². The third-order valence-corrected chi connectivity index (χ3v) is 3.81. The molecule has 94 valence electrons. The van der Waals surface area contributed by atoms with Crippen LogP contribution in [0.4, 0.5) is 0 Å². The number of para-hydroxylation sites is 1. The molecule has 1 aliphatic rings. The molecule has 0 aromatic heterocycles. The summed E-state index contributed by atoms with van der Waals surface area (Å²) in [6, 6.07) is 10.1. The van der Waals surface area contributed by atoms with Crippen molar-refractivity contribution in [1.82, 2.24) is 5.32 Å². The number of rotatable bonds is 7. The van der Waals surface area contributed by atoms with Crippen molar-refractivity contribution < 1.29 is 4.74 Å². The second kappa shape index (κ2) is 6.06. The van der Waals surface area contributed by atoms with Gasteiger partial charge in [-0.1, -0.05) is 31.5 Å². The highest BCUT2D eigenvalue weighted by Crippen LogP contribution is 2.43. The zero-order valence-electron chi connectivity index (χ0n) is 10.7. The van der Waals surface area contributed by atoms with E-state index >= 15 is 0 Å². The molecule has 0 heterocycles. The highest BCUT2D eigenvalue weighted by Gasteiger charge is 2.35. The van der Waals surface area contributed by atoms with E-state index in [9.17, 15) is 0 Å². The average Bonchev–Trinajstić information content (AvgIpc) is 2.33.